The van der Waals surface area contributed by atoms with Crippen molar-refractivity contribution in [2.75, 3.05) is 36.0 Å². The molecule has 0 atom stereocenters. The van der Waals surface area contributed by atoms with Gasteiger partial charge in [-0.1, -0.05) is 17.7 Å². The van der Waals surface area contributed by atoms with Crippen LogP contribution in [0.5, 0.6) is 0 Å². The molecule has 0 radical (unpaired) electrons. The fraction of sp³-hybridized carbons (Fsp3) is 0.294. The number of benzene rings is 1. The zero-order valence-corrected chi connectivity index (χ0v) is 13.2. The molecular weight excluding hydrogens is 296 g/mol. The fourth-order valence-corrected chi connectivity index (χ4v) is 2.93. The number of pyridine rings is 1. The van der Waals surface area contributed by atoms with Gasteiger partial charge in [0.2, 0.25) is 0 Å². The van der Waals surface area contributed by atoms with Crippen LogP contribution in [0.4, 0.5) is 11.4 Å². The Morgan fingerprint density at radius 2 is 1.82 bits per heavy atom. The predicted molar refractivity (Wildman–Crippen MR) is 89.6 cm³/mol. The van der Waals surface area contributed by atoms with E-state index in [1.807, 2.05) is 24.3 Å². The van der Waals surface area contributed by atoms with Crippen LogP contribution in [-0.2, 0) is 0 Å². The molecule has 2 aromatic rings. The summed E-state index contributed by atoms with van der Waals surface area (Å²) in [4.78, 5) is 8.81. The number of hydrogen-bond donors (Lipinski definition) is 0. The van der Waals surface area contributed by atoms with E-state index in [2.05, 4.69) is 27.8 Å². The minimum absolute atomic E-state index is 0.455. The molecule has 0 unspecified atom stereocenters. The van der Waals surface area contributed by atoms with Crippen molar-refractivity contribution in [2.24, 2.45) is 0 Å². The highest BCUT2D eigenvalue weighted by molar-refractivity contribution is 6.30. The van der Waals surface area contributed by atoms with Crippen LogP contribution in [0, 0.1) is 18.3 Å². The van der Waals surface area contributed by atoms with Gasteiger partial charge in [0, 0.05) is 36.9 Å². The maximum atomic E-state index is 8.80. The van der Waals surface area contributed by atoms with Gasteiger partial charge >= 0.3 is 0 Å². The summed E-state index contributed by atoms with van der Waals surface area (Å²) in [6.07, 6.45) is 1.78. The van der Waals surface area contributed by atoms with E-state index in [1.54, 1.807) is 12.3 Å². The third-order valence-electron chi connectivity index (χ3n) is 4.02. The van der Waals surface area contributed by atoms with Crippen LogP contribution in [0.3, 0.4) is 0 Å². The summed E-state index contributed by atoms with van der Waals surface area (Å²) in [6.45, 7) is 5.87. The SMILES string of the molecule is Cc1ccc(Cl)cc1N1CCN(c2ccc(C#N)nc2)CC1. The van der Waals surface area contributed by atoms with E-state index >= 15 is 0 Å². The first-order valence-corrected chi connectivity index (χ1v) is 7.67. The summed E-state index contributed by atoms with van der Waals surface area (Å²) in [5.41, 5.74) is 3.99. The van der Waals surface area contributed by atoms with Gasteiger partial charge in [-0.15, -0.1) is 0 Å². The number of hydrogen-bond acceptors (Lipinski definition) is 4. The molecule has 22 heavy (non-hydrogen) atoms. The van der Waals surface area contributed by atoms with E-state index in [4.69, 9.17) is 16.9 Å². The molecule has 3 rings (SSSR count). The minimum Gasteiger partial charge on any atom is -0.368 e. The molecule has 0 spiro atoms. The van der Waals surface area contributed by atoms with Crippen molar-refractivity contribution in [1.82, 2.24) is 4.98 Å². The first kappa shape index (κ1) is 14.7. The predicted octanol–water partition coefficient (Wildman–Crippen LogP) is 3.24. The number of aromatic nitrogens is 1. The zero-order valence-electron chi connectivity index (χ0n) is 12.5. The second-order valence-electron chi connectivity index (χ2n) is 5.42. The van der Waals surface area contributed by atoms with E-state index in [0.717, 1.165) is 36.9 Å². The topological polar surface area (TPSA) is 43.2 Å². The Kier molecular flexibility index (Phi) is 4.17. The van der Waals surface area contributed by atoms with Crippen LogP contribution in [0.25, 0.3) is 0 Å². The van der Waals surface area contributed by atoms with Gasteiger partial charge in [-0.05, 0) is 36.8 Å². The van der Waals surface area contributed by atoms with Gasteiger partial charge in [-0.3, -0.25) is 0 Å². The number of nitrogens with zero attached hydrogens (tertiary/aromatic N) is 4. The molecule has 2 heterocycles. The van der Waals surface area contributed by atoms with Gasteiger partial charge < -0.3 is 9.80 Å². The number of piperazine rings is 1. The molecule has 0 amide bonds. The summed E-state index contributed by atoms with van der Waals surface area (Å²) in [5.74, 6) is 0. The average Bonchev–Trinajstić information content (AvgIpc) is 2.57. The van der Waals surface area contributed by atoms with Crippen molar-refractivity contribution >= 4 is 23.0 Å². The van der Waals surface area contributed by atoms with Crippen LogP contribution in [0.15, 0.2) is 36.5 Å². The summed E-state index contributed by atoms with van der Waals surface area (Å²) >= 11 is 6.12. The average molecular weight is 313 g/mol. The Balaban J connectivity index is 1.69. The van der Waals surface area contributed by atoms with Gasteiger partial charge in [-0.25, -0.2) is 4.98 Å². The molecule has 1 aromatic heterocycles. The number of aryl methyl sites for hydroxylation is 1. The van der Waals surface area contributed by atoms with Crippen LogP contribution in [0.1, 0.15) is 11.3 Å². The van der Waals surface area contributed by atoms with Gasteiger partial charge in [0.1, 0.15) is 11.8 Å². The van der Waals surface area contributed by atoms with E-state index in [1.165, 1.54) is 11.3 Å². The zero-order chi connectivity index (χ0) is 15.5. The van der Waals surface area contributed by atoms with Gasteiger partial charge in [-0.2, -0.15) is 5.26 Å². The summed E-state index contributed by atoms with van der Waals surface area (Å²) in [5, 5.41) is 9.58. The molecule has 0 bridgehead atoms. The van der Waals surface area contributed by atoms with E-state index < -0.39 is 0 Å². The normalized spacial score (nSPS) is 14.8. The summed E-state index contributed by atoms with van der Waals surface area (Å²) < 4.78 is 0. The van der Waals surface area contributed by atoms with Gasteiger partial charge in [0.25, 0.3) is 0 Å². The molecule has 1 saturated heterocycles. The minimum atomic E-state index is 0.455. The maximum Gasteiger partial charge on any atom is 0.140 e. The second-order valence-corrected chi connectivity index (χ2v) is 5.85. The first-order chi connectivity index (χ1) is 10.7. The molecule has 0 saturated carbocycles. The van der Waals surface area contributed by atoms with Crippen molar-refractivity contribution < 1.29 is 0 Å². The molecule has 1 aliphatic rings. The molecule has 1 aromatic carbocycles. The quantitative estimate of drug-likeness (QED) is 0.854. The molecule has 4 nitrogen and oxygen atoms in total. The highest BCUT2D eigenvalue weighted by Gasteiger charge is 2.19. The molecule has 1 fully saturated rings. The lowest BCUT2D eigenvalue weighted by molar-refractivity contribution is 0.651. The molecule has 1 aliphatic heterocycles. The standard InChI is InChI=1S/C17H17ClN4/c1-13-2-3-14(18)10-17(13)22-8-6-21(7-9-22)16-5-4-15(11-19)20-12-16/h2-5,10,12H,6-9H2,1H3. The number of anilines is 2. The Labute approximate surface area is 135 Å². The van der Waals surface area contributed by atoms with Crippen molar-refractivity contribution in [3.05, 3.63) is 52.8 Å². The first-order valence-electron chi connectivity index (χ1n) is 7.29. The number of nitriles is 1. The van der Waals surface area contributed by atoms with Gasteiger partial charge in [0.15, 0.2) is 0 Å². The Bertz CT molecular complexity index is 698. The molecule has 0 N–H and O–H groups in total. The van der Waals surface area contributed by atoms with Crippen LogP contribution >= 0.6 is 11.6 Å². The number of rotatable bonds is 2. The monoisotopic (exact) mass is 312 g/mol. The Morgan fingerprint density at radius 3 is 2.45 bits per heavy atom. The molecular formula is C17H17ClN4. The fourth-order valence-electron chi connectivity index (χ4n) is 2.77. The van der Waals surface area contributed by atoms with Crippen molar-refractivity contribution in [3.8, 4) is 6.07 Å². The van der Waals surface area contributed by atoms with E-state index in [9.17, 15) is 0 Å². The van der Waals surface area contributed by atoms with E-state index in [0.29, 0.717) is 5.69 Å². The van der Waals surface area contributed by atoms with Crippen molar-refractivity contribution in [3.63, 3.8) is 0 Å². The summed E-state index contributed by atoms with van der Waals surface area (Å²) in [6, 6.07) is 11.8. The summed E-state index contributed by atoms with van der Waals surface area (Å²) in [7, 11) is 0. The smallest absolute Gasteiger partial charge is 0.140 e. The second kappa shape index (κ2) is 6.25. The van der Waals surface area contributed by atoms with Crippen LogP contribution < -0.4 is 9.80 Å². The third kappa shape index (κ3) is 3.00. The van der Waals surface area contributed by atoms with Gasteiger partial charge in [0.05, 0.1) is 11.9 Å². The molecule has 5 heteroatoms. The lowest BCUT2D eigenvalue weighted by Crippen LogP contribution is -2.46. The van der Waals surface area contributed by atoms with Crippen molar-refractivity contribution in [1.29, 1.82) is 5.26 Å². The van der Waals surface area contributed by atoms with Crippen molar-refractivity contribution in [2.45, 2.75) is 6.92 Å². The lowest BCUT2D eigenvalue weighted by Gasteiger charge is -2.37. The third-order valence-corrected chi connectivity index (χ3v) is 4.25. The van der Waals surface area contributed by atoms with Crippen LogP contribution in [-0.4, -0.2) is 31.2 Å². The molecule has 0 aliphatic carbocycles. The highest BCUT2D eigenvalue weighted by atomic mass is 35.5. The largest absolute Gasteiger partial charge is 0.368 e. The van der Waals surface area contributed by atoms with Crippen LogP contribution in [0.2, 0.25) is 5.02 Å². The lowest BCUT2D eigenvalue weighted by atomic mass is 10.1. The maximum absolute atomic E-state index is 8.80. The molecule has 112 valence electrons. The van der Waals surface area contributed by atoms with E-state index in [-0.39, 0.29) is 0 Å². The Morgan fingerprint density at radius 1 is 1.09 bits per heavy atom. The number of halogens is 1. The highest BCUT2D eigenvalue weighted by Crippen LogP contribution is 2.26. The Hall–Kier alpha value is -2.25.